The first-order valence-electron chi connectivity index (χ1n) is 20.5. The minimum atomic E-state index is -0.484. The van der Waals surface area contributed by atoms with Gasteiger partial charge in [0.2, 0.25) is 0 Å². The summed E-state index contributed by atoms with van der Waals surface area (Å²) in [6.45, 7) is 9.60. The minimum absolute atomic E-state index is 0.0322. The van der Waals surface area contributed by atoms with Crippen molar-refractivity contribution in [3.63, 3.8) is 0 Å². The van der Waals surface area contributed by atoms with Crippen molar-refractivity contribution >= 4 is 28.2 Å². The lowest BCUT2D eigenvalue weighted by atomic mass is 9.67. The number of allylic oxidation sites excluding steroid dienone is 2. The number of benzene rings is 7. The highest BCUT2D eigenvalue weighted by molar-refractivity contribution is 6.09. The van der Waals surface area contributed by atoms with Crippen molar-refractivity contribution in [1.29, 1.82) is 0 Å². The normalized spacial score (nSPS) is 15.9. The fourth-order valence-electron chi connectivity index (χ4n) is 10.8. The van der Waals surface area contributed by atoms with Gasteiger partial charge in [-0.05, 0) is 120 Å². The number of nitrogens with zero attached hydrogens (tertiary/aromatic N) is 2. The van der Waals surface area contributed by atoms with Crippen LogP contribution < -0.4 is 4.90 Å². The molecule has 1 aromatic heterocycles. The SMILES string of the molecule is CC1(C)C2=C(c3ccccc31)C(C)(C)c1cc(-c3ccc(N(c4cccnc4)c4ccc5c(c4)C(c4ccccc4)(c4ccccc4)c4ccccc4-5)cc3)ccc12. The lowest BCUT2D eigenvalue weighted by Crippen LogP contribution is -2.28. The van der Waals surface area contributed by atoms with Crippen molar-refractivity contribution in [3.8, 4) is 22.3 Å². The second-order valence-corrected chi connectivity index (χ2v) is 17.2. The van der Waals surface area contributed by atoms with E-state index >= 15 is 0 Å². The van der Waals surface area contributed by atoms with Crippen LogP contribution in [0.25, 0.3) is 33.4 Å². The molecule has 8 aromatic rings. The lowest BCUT2D eigenvalue weighted by molar-refractivity contribution is 0.694. The first kappa shape index (κ1) is 34.5. The number of rotatable bonds is 6. The van der Waals surface area contributed by atoms with Crippen LogP contribution in [0.4, 0.5) is 17.1 Å². The Balaban J connectivity index is 1.02. The van der Waals surface area contributed by atoms with Gasteiger partial charge in [-0.15, -0.1) is 0 Å². The highest BCUT2D eigenvalue weighted by Gasteiger charge is 2.50. The summed E-state index contributed by atoms with van der Waals surface area (Å²) in [6, 6.07) is 67.4. The first-order valence-corrected chi connectivity index (χ1v) is 20.5. The van der Waals surface area contributed by atoms with Gasteiger partial charge in [0.15, 0.2) is 0 Å². The zero-order chi connectivity index (χ0) is 39.2. The Morgan fingerprint density at radius 2 is 0.914 bits per heavy atom. The Labute approximate surface area is 341 Å². The van der Waals surface area contributed by atoms with Gasteiger partial charge in [-0.3, -0.25) is 4.98 Å². The minimum Gasteiger partial charge on any atom is -0.309 e. The molecule has 278 valence electrons. The third kappa shape index (κ3) is 4.75. The number of hydrogen-bond donors (Lipinski definition) is 0. The molecular weight excluding hydrogens is 701 g/mol. The molecule has 0 unspecified atom stereocenters. The van der Waals surface area contributed by atoms with Crippen LogP contribution in [-0.2, 0) is 16.2 Å². The highest BCUT2D eigenvalue weighted by Crippen LogP contribution is 2.63. The van der Waals surface area contributed by atoms with Crippen LogP contribution in [0.5, 0.6) is 0 Å². The Morgan fingerprint density at radius 1 is 0.379 bits per heavy atom. The van der Waals surface area contributed by atoms with Crippen LogP contribution in [-0.4, -0.2) is 4.98 Å². The molecule has 0 aliphatic heterocycles. The van der Waals surface area contributed by atoms with Gasteiger partial charge in [-0.1, -0.05) is 167 Å². The van der Waals surface area contributed by atoms with Gasteiger partial charge in [0.25, 0.3) is 0 Å². The molecule has 0 N–H and O–H groups in total. The van der Waals surface area contributed by atoms with E-state index in [2.05, 4.69) is 214 Å². The van der Waals surface area contributed by atoms with Crippen LogP contribution in [0.2, 0.25) is 0 Å². The fourth-order valence-corrected chi connectivity index (χ4v) is 10.8. The smallest absolute Gasteiger partial charge is 0.0714 e. The number of pyridine rings is 1. The summed E-state index contributed by atoms with van der Waals surface area (Å²) in [5.41, 5.74) is 21.3. The number of fused-ring (bicyclic) bond motifs is 7. The van der Waals surface area contributed by atoms with Gasteiger partial charge in [0.1, 0.15) is 0 Å². The topological polar surface area (TPSA) is 16.1 Å². The Morgan fingerprint density at radius 3 is 1.59 bits per heavy atom. The van der Waals surface area contributed by atoms with Crippen LogP contribution >= 0.6 is 0 Å². The maximum Gasteiger partial charge on any atom is 0.0714 e. The summed E-state index contributed by atoms with van der Waals surface area (Å²) in [6.07, 6.45) is 3.81. The van der Waals surface area contributed by atoms with Gasteiger partial charge < -0.3 is 4.90 Å². The standard InChI is InChI=1S/C56H44N2/c1-54(2)48-23-13-12-22-46(48)52-53(54)47-31-27-38(34-50(47)55(52,3)4)37-25-28-41(29-26-37)58(43-20-15-33-57-36-43)42-30-32-45-44-21-11-14-24-49(44)56(51(45)35-42,39-16-7-5-8-17-39)40-18-9-6-10-19-40/h5-36H,1-4H3. The largest absolute Gasteiger partial charge is 0.309 e. The van der Waals surface area contributed by atoms with E-state index in [4.69, 9.17) is 0 Å². The van der Waals surface area contributed by atoms with Crippen molar-refractivity contribution in [3.05, 3.63) is 239 Å². The zero-order valence-electron chi connectivity index (χ0n) is 33.4. The molecule has 0 saturated heterocycles. The maximum atomic E-state index is 4.60. The van der Waals surface area contributed by atoms with E-state index in [0.29, 0.717) is 0 Å². The molecule has 2 nitrogen and oxygen atoms in total. The summed E-state index contributed by atoms with van der Waals surface area (Å²) < 4.78 is 0. The Kier molecular flexibility index (Phi) is 7.50. The van der Waals surface area contributed by atoms with Gasteiger partial charge >= 0.3 is 0 Å². The van der Waals surface area contributed by atoms with Crippen LogP contribution in [0.15, 0.2) is 194 Å². The van der Waals surface area contributed by atoms with E-state index in [1.165, 1.54) is 77.9 Å². The molecule has 2 heteroatoms. The molecule has 1 heterocycles. The van der Waals surface area contributed by atoms with Crippen molar-refractivity contribution in [2.24, 2.45) is 0 Å². The summed E-state index contributed by atoms with van der Waals surface area (Å²) >= 11 is 0. The molecule has 0 saturated carbocycles. The van der Waals surface area contributed by atoms with E-state index in [1.807, 2.05) is 18.5 Å². The molecule has 0 radical (unpaired) electrons. The molecule has 3 aliphatic rings. The predicted octanol–water partition coefficient (Wildman–Crippen LogP) is 14.1. The Hall–Kier alpha value is -6.77. The quantitative estimate of drug-likeness (QED) is 0.169. The molecule has 3 aliphatic carbocycles. The van der Waals surface area contributed by atoms with Crippen LogP contribution in [0, 0.1) is 0 Å². The summed E-state index contributed by atoms with van der Waals surface area (Å²) in [7, 11) is 0. The molecule has 0 amide bonds. The lowest BCUT2D eigenvalue weighted by Gasteiger charge is -2.34. The third-order valence-electron chi connectivity index (χ3n) is 13.4. The summed E-state index contributed by atoms with van der Waals surface area (Å²) in [5, 5.41) is 0. The van der Waals surface area contributed by atoms with Gasteiger partial charge in [0.05, 0.1) is 17.3 Å². The average molecular weight is 745 g/mol. The zero-order valence-corrected chi connectivity index (χ0v) is 33.4. The molecule has 58 heavy (non-hydrogen) atoms. The van der Waals surface area contributed by atoms with Crippen molar-refractivity contribution in [1.82, 2.24) is 4.98 Å². The molecule has 0 fully saturated rings. The number of anilines is 3. The molecular formula is C56H44N2. The monoisotopic (exact) mass is 744 g/mol. The number of aromatic nitrogens is 1. The van der Waals surface area contributed by atoms with Gasteiger partial charge in [0, 0.05) is 28.4 Å². The summed E-state index contributed by atoms with van der Waals surface area (Å²) in [5.74, 6) is 0. The second-order valence-electron chi connectivity index (χ2n) is 17.2. The molecule has 11 rings (SSSR count). The van der Waals surface area contributed by atoms with E-state index in [9.17, 15) is 0 Å². The van der Waals surface area contributed by atoms with E-state index in [1.54, 1.807) is 0 Å². The molecule has 0 spiro atoms. The fraction of sp³-hybridized carbons (Fsp3) is 0.125. The predicted molar refractivity (Wildman–Crippen MR) is 241 cm³/mol. The summed E-state index contributed by atoms with van der Waals surface area (Å²) in [4.78, 5) is 6.95. The molecule has 0 bridgehead atoms. The van der Waals surface area contributed by atoms with E-state index in [0.717, 1.165) is 17.1 Å². The molecule has 7 aromatic carbocycles. The Bertz CT molecular complexity index is 2880. The van der Waals surface area contributed by atoms with Crippen molar-refractivity contribution in [2.45, 2.75) is 43.9 Å². The highest BCUT2D eigenvalue weighted by atomic mass is 15.1. The van der Waals surface area contributed by atoms with Gasteiger partial charge in [-0.25, -0.2) is 0 Å². The van der Waals surface area contributed by atoms with Gasteiger partial charge in [-0.2, -0.15) is 0 Å². The average Bonchev–Trinajstić information content (AvgIpc) is 3.81. The van der Waals surface area contributed by atoms with Crippen molar-refractivity contribution < 1.29 is 0 Å². The van der Waals surface area contributed by atoms with Crippen molar-refractivity contribution in [2.75, 3.05) is 4.90 Å². The first-order chi connectivity index (χ1) is 28.3. The van der Waals surface area contributed by atoms with E-state index < -0.39 is 5.41 Å². The third-order valence-corrected chi connectivity index (χ3v) is 13.4. The van der Waals surface area contributed by atoms with Crippen LogP contribution in [0.3, 0.4) is 0 Å². The molecule has 0 atom stereocenters. The van der Waals surface area contributed by atoms with Crippen LogP contribution in [0.1, 0.15) is 72.2 Å². The maximum absolute atomic E-state index is 4.60. The van der Waals surface area contributed by atoms with E-state index in [-0.39, 0.29) is 10.8 Å². The number of hydrogen-bond acceptors (Lipinski definition) is 2. The second kappa shape index (κ2) is 12.6.